The standard InChI is InChI=1S/C26H25F2N5O2/c1-15-5-3-12-33(20(15)14-31-26-32-19-13-17(27)7-9-21(19)35-26)25(34)23-18(28)8-6-16(2)22(23)24-29-10-4-11-30-24/h4,6-11,13,15,20H,3,5,12,14H2,1-2H3,(H,31,32). The highest BCUT2D eigenvalue weighted by Gasteiger charge is 2.35. The molecule has 1 aliphatic heterocycles. The number of hydrogen-bond acceptors (Lipinski definition) is 6. The summed E-state index contributed by atoms with van der Waals surface area (Å²) in [6, 6.07) is 8.77. The van der Waals surface area contributed by atoms with Crippen LogP contribution in [0.15, 0.2) is 53.2 Å². The molecule has 4 aromatic rings. The van der Waals surface area contributed by atoms with Crippen LogP contribution in [0.5, 0.6) is 0 Å². The Morgan fingerprint density at radius 3 is 2.80 bits per heavy atom. The van der Waals surface area contributed by atoms with Crippen molar-refractivity contribution in [2.24, 2.45) is 5.92 Å². The van der Waals surface area contributed by atoms with E-state index in [-0.39, 0.29) is 23.5 Å². The van der Waals surface area contributed by atoms with Gasteiger partial charge in [0, 0.05) is 37.1 Å². The molecule has 5 rings (SSSR count). The van der Waals surface area contributed by atoms with Crippen molar-refractivity contribution in [2.45, 2.75) is 32.7 Å². The van der Waals surface area contributed by atoms with Gasteiger partial charge in [-0.1, -0.05) is 13.0 Å². The van der Waals surface area contributed by atoms with E-state index in [1.165, 1.54) is 24.3 Å². The maximum Gasteiger partial charge on any atom is 0.295 e. The summed E-state index contributed by atoms with van der Waals surface area (Å²) in [5.41, 5.74) is 1.98. The Balaban J connectivity index is 1.45. The molecule has 0 radical (unpaired) electrons. The summed E-state index contributed by atoms with van der Waals surface area (Å²) in [5.74, 6) is -0.924. The molecule has 0 bridgehead atoms. The van der Waals surface area contributed by atoms with E-state index in [1.807, 2.05) is 6.92 Å². The smallest absolute Gasteiger partial charge is 0.295 e. The van der Waals surface area contributed by atoms with Crippen molar-refractivity contribution in [3.63, 3.8) is 0 Å². The minimum Gasteiger partial charge on any atom is -0.424 e. The third kappa shape index (κ3) is 4.45. The maximum atomic E-state index is 15.2. The zero-order chi connectivity index (χ0) is 24.5. The van der Waals surface area contributed by atoms with Gasteiger partial charge in [0.15, 0.2) is 11.4 Å². The van der Waals surface area contributed by atoms with Gasteiger partial charge in [-0.05, 0) is 55.5 Å². The number of oxazole rings is 1. The molecule has 35 heavy (non-hydrogen) atoms. The molecule has 180 valence electrons. The molecule has 2 aromatic carbocycles. The van der Waals surface area contributed by atoms with Gasteiger partial charge >= 0.3 is 0 Å². The third-order valence-corrected chi connectivity index (χ3v) is 6.55. The number of aryl methyl sites for hydroxylation is 1. The fraction of sp³-hybridized carbons (Fsp3) is 0.308. The summed E-state index contributed by atoms with van der Waals surface area (Å²) in [6.45, 7) is 4.74. The number of fused-ring (bicyclic) bond motifs is 1. The van der Waals surface area contributed by atoms with Crippen LogP contribution in [-0.2, 0) is 0 Å². The zero-order valence-electron chi connectivity index (χ0n) is 19.5. The van der Waals surface area contributed by atoms with Gasteiger partial charge in [-0.25, -0.2) is 18.7 Å². The number of piperidine rings is 1. The number of halogens is 2. The average Bonchev–Trinajstić information content (AvgIpc) is 3.26. The molecule has 2 aromatic heterocycles. The number of nitrogens with one attached hydrogen (secondary N) is 1. The van der Waals surface area contributed by atoms with Gasteiger partial charge in [0.05, 0.1) is 11.6 Å². The molecule has 1 N–H and O–H groups in total. The molecule has 0 saturated carbocycles. The van der Waals surface area contributed by atoms with Gasteiger partial charge in [-0.2, -0.15) is 4.98 Å². The molecule has 0 aliphatic carbocycles. The van der Waals surface area contributed by atoms with Crippen molar-refractivity contribution in [3.8, 4) is 11.4 Å². The van der Waals surface area contributed by atoms with Crippen LogP contribution >= 0.6 is 0 Å². The van der Waals surface area contributed by atoms with Crippen LogP contribution in [0.3, 0.4) is 0 Å². The lowest BCUT2D eigenvalue weighted by Crippen LogP contribution is -2.51. The zero-order valence-corrected chi connectivity index (χ0v) is 19.5. The van der Waals surface area contributed by atoms with Crippen LogP contribution in [0.25, 0.3) is 22.5 Å². The molecular weight excluding hydrogens is 452 g/mol. The first-order chi connectivity index (χ1) is 16.9. The Hall–Kier alpha value is -3.88. The number of carbonyl (C=O) groups is 1. The summed E-state index contributed by atoms with van der Waals surface area (Å²) in [6.07, 6.45) is 4.89. The number of anilines is 1. The molecule has 7 nitrogen and oxygen atoms in total. The number of hydrogen-bond donors (Lipinski definition) is 1. The Labute approximate surface area is 201 Å². The molecule has 3 heterocycles. The number of likely N-dealkylation sites (tertiary alicyclic amines) is 1. The van der Waals surface area contributed by atoms with E-state index in [0.29, 0.717) is 35.6 Å². The van der Waals surface area contributed by atoms with Crippen molar-refractivity contribution in [3.05, 3.63) is 71.6 Å². The summed E-state index contributed by atoms with van der Waals surface area (Å²) >= 11 is 0. The fourth-order valence-corrected chi connectivity index (χ4v) is 4.73. The fourth-order valence-electron chi connectivity index (χ4n) is 4.73. The lowest BCUT2D eigenvalue weighted by atomic mass is 9.89. The number of nitrogens with zero attached hydrogens (tertiary/aromatic N) is 4. The lowest BCUT2D eigenvalue weighted by Gasteiger charge is -2.40. The van der Waals surface area contributed by atoms with Crippen molar-refractivity contribution in [2.75, 3.05) is 18.4 Å². The second kappa shape index (κ2) is 9.40. The topological polar surface area (TPSA) is 84.2 Å². The molecule has 2 atom stereocenters. The predicted molar refractivity (Wildman–Crippen MR) is 128 cm³/mol. The van der Waals surface area contributed by atoms with Crippen LogP contribution in [-0.4, -0.2) is 44.9 Å². The maximum absolute atomic E-state index is 15.2. The highest BCUT2D eigenvalue weighted by molar-refractivity contribution is 6.01. The van der Waals surface area contributed by atoms with Crippen molar-refractivity contribution < 1.29 is 18.0 Å². The van der Waals surface area contributed by atoms with Gasteiger partial charge in [0.2, 0.25) is 0 Å². The second-order valence-corrected chi connectivity index (χ2v) is 8.88. The van der Waals surface area contributed by atoms with Gasteiger partial charge in [0.25, 0.3) is 11.9 Å². The van der Waals surface area contributed by atoms with Crippen LogP contribution in [0.2, 0.25) is 0 Å². The first-order valence-electron chi connectivity index (χ1n) is 11.6. The summed E-state index contributed by atoms with van der Waals surface area (Å²) in [5, 5.41) is 3.15. The summed E-state index contributed by atoms with van der Waals surface area (Å²) < 4.78 is 34.4. The van der Waals surface area contributed by atoms with Gasteiger partial charge in [-0.15, -0.1) is 0 Å². The number of aromatic nitrogens is 3. The molecule has 9 heteroatoms. The Kier molecular flexibility index (Phi) is 6.15. The van der Waals surface area contributed by atoms with Gasteiger partial charge in [0.1, 0.15) is 17.2 Å². The average molecular weight is 478 g/mol. The van der Waals surface area contributed by atoms with Crippen LogP contribution in [0.4, 0.5) is 14.8 Å². The Morgan fingerprint density at radius 1 is 1.20 bits per heavy atom. The van der Waals surface area contributed by atoms with Crippen molar-refractivity contribution in [1.82, 2.24) is 19.9 Å². The van der Waals surface area contributed by atoms with Crippen molar-refractivity contribution >= 4 is 23.0 Å². The van der Waals surface area contributed by atoms with Crippen LogP contribution in [0.1, 0.15) is 35.7 Å². The molecule has 0 spiro atoms. The number of rotatable bonds is 5. The molecule has 1 saturated heterocycles. The number of amides is 1. The number of carbonyl (C=O) groups excluding carboxylic acids is 1. The Bertz CT molecular complexity index is 1380. The molecular formula is C26H25F2N5O2. The van der Waals surface area contributed by atoms with Crippen molar-refractivity contribution in [1.29, 1.82) is 0 Å². The summed E-state index contributed by atoms with van der Waals surface area (Å²) in [7, 11) is 0. The minimum atomic E-state index is -0.603. The van der Waals surface area contributed by atoms with E-state index in [2.05, 4.69) is 27.2 Å². The van der Waals surface area contributed by atoms with E-state index in [1.54, 1.807) is 29.4 Å². The van der Waals surface area contributed by atoms with E-state index in [9.17, 15) is 9.18 Å². The predicted octanol–water partition coefficient (Wildman–Crippen LogP) is 5.22. The molecule has 1 amide bonds. The van der Waals surface area contributed by atoms with E-state index in [4.69, 9.17) is 4.42 Å². The third-order valence-electron chi connectivity index (χ3n) is 6.55. The highest BCUT2D eigenvalue weighted by Crippen LogP contribution is 2.32. The van der Waals surface area contributed by atoms with Gasteiger partial charge < -0.3 is 14.6 Å². The van der Waals surface area contributed by atoms with Crippen LogP contribution in [0, 0.1) is 24.5 Å². The van der Waals surface area contributed by atoms with Crippen LogP contribution < -0.4 is 5.32 Å². The summed E-state index contributed by atoms with van der Waals surface area (Å²) in [4.78, 5) is 28.4. The Morgan fingerprint density at radius 2 is 2.00 bits per heavy atom. The monoisotopic (exact) mass is 477 g/mol. The minimum absolute atomic E-state index is 0.0207. The van der Waals surface area contributed by atoms with E-state index < -0.39 is 17.5 Å². The second-order valence-electron chi connectivity index (χ2n) is 8.88. The largest absolute Gasteiger partial charge is 0.424 e. The molecule has 1 aliphatic rings. The highest BCUT2D eigenvalue weighted by atomic mass is 19.1. The lowest BCUT2D eigenvalue weighted by molar-refractivity contribution is 0.0535. The molecule has 1 fully saturated rings. The van der Waals surface area contributed by atoms with Gasteiger partial charge in [-0.3, -0.25) is 4.79 Å². The van der Waals surface area contributed by atoms with E-state index in [0.717, 1.165) is 18.4 Å². The quantitative estimate of drug-likeness (QED) is 0.424. The first-order valence-corrected chi connectivity index (χ1v) is 11.6. The number of benzene rings is 2. The molecule has 2 unspecified atom stereocenters. The SMILES string of the molecule is Cc1ccc(F)c(C(=O)N2CCCC(C)C2CNc2nc3cc(F)ccc3o2)c1-c1ncccn1. The normalized spacial score (nSPS) is 18.1. The van der Waals surface area contributed by atoms with E-state index >= 15 is 4.39 Å². The first kappa shape index (κ1) is 22.9.